The van der Waals surface area contributed by atoms with Gasteiger partial charge in [0.25, 0.3) is 0 Å². The minimum absolute atomic E-state index is 0.000422. The summed E-state index contributed by atoms with van der Waals surface area (Å²) in [6.07, 6.45) is 0. The Kier molecular flexibility index (Phi) is 5.61. The molecule has 0 heterocycles. The number of ketones is 1. The van der Waals surface area contributed by atoms with E-state index in [2.05, 4.69) is 5.32 Å². The number of methoxy groups -OCH3 is 2. The zero-order valence-corrected chi connectivity index (χ0v) is 11.0. The summed E-state index contributed by atoms with van der Waals surface area (Å²) in [6, 6.07) is 4.78. The molecule has 0 bridgehead atoms. The predicted octanol–water partition coefficient (Wildman–Crippen LogP) is 1.08. The van der Waals surface area contributed by atoms with E-state index in [4.69, 9.17) is 15.2 Å². The summed E-state index contributed by atoms with van der Waals surface area (Å²) in [5, 5.41) is 3.08. The highest BCUT2D eigenvalue weighted by atomic mass is 16.5. The molecule has 0 aliphatic carbocycles. The van der Waals surface area contributed by atoms with Crippen LogP contribution in [0.2, 0.25) is 0 Å². The Bertz CT molecular complexity index is 407. The number of hydrogen-bond donors (Lipinski definition) is 2. The van der Waals surface area contributed by atoms with E-state index in [1.807, 2.05) is 6.92 Å². The fraction of sp³-hybridized carbons (Fsp3) is 0.462. The minimum atomic E-state index is -0.270. The molecular weight excluding hydrogens is 232 g/mol. The maximum atomic E-state index is 12.1. The summed E-state index contributed by atoms with van der Waals surface area (Å²) in [7, 11) is 3.17. The molecule has 1 atom stereocenters. The zero-order chi connectivity index (χ0) is 13.5. The van der Waals surface area contributed by atoms with Crippen LogP contribution in [0.25, 0.3) is 0 Å². The van der Waals surface area contributed by atoms with Gasteiger partial charge in [-0.05, 0) is 25.1 Å². The number of carbonyl (C=O) groups is 1. The van der Waals surface area contributed by atoms with Crippen molar-refractivity contribution in [2.24, 2.45) is 0 Å². The zero-order valence-electron chi connectivity index (χ0n) is 11.0. The predicted molar refractivity (Wildman–Crippen MR) is 71.1 cm³/mol. The Morgan fingerprint density at radius 3 is 2.72 bits per heavy atom. The van der Waals surface area contributed by atoms with Gasteiger partial charge in [0.05, 0.1) is 25.4 Å². The lowest BCUT2D eigenvalue weighted by atomic mass is 10.0. The van der Waals surface area contributed by atoms with E-state index in [0.29, 0.717) is 30.2 Å². The molecule has 5 heteroatoms. The molecule has 18 heavy (non-hydrogen) atoms. The number of nitrogen functional groups attached to an aromatic ring is 1. The van der Waals surface area contributed by atoms with E-state index in [1.165, 1.54) is 0 Å². The van der Waals surface area contributed by atoms with E-state index in [9.17, 15) is 4.79 Å². The van der Waals surface area contributed by atoms with Crippen molar-refractivity contribution >= 4 is 11.5 Å². The molecule has 0 amide bonds. The number of rotatable bonds is 7. The van der Waals surface area contributed by atoms with E-state index in [1.54, 1.807) is 32.4 Å². The number of carbonyl (C=O) groups excluding carboxylic acids is 1. The van der Waals surface area contributed by atoms with E-state index in [-0.39, 0.29) is 11.8 Å². The molecule has 0 aromatic heterocycles. The van der Waals surface area contributed by atoms with Crippen LogP contribution in [0.3, 0.4) is 0 Å². The van der Waals surface area contributed by atoms with Crippen LogP contribution in [-0.4, -0.2) is 39.2 Å². The summed E-state index contributed by atoms with van der Waals surface area (Å²) >= 11 is 0. The molecule has 0 spiro atoms. The van der Waals surface area contributed by atoms with Crippen molar-refractivity contribution in [3.8, 4) is 5.75 Å². The van der Waals surface area contributed by atoms with Crippen LogP contribution >= 0.6 is 0 Å². The van der Waals surface area contributed by atoms with E-state index >= 15 is 0 Å². The first-order chi connectivity index (χ1) is 8.60. The van der Waals surface area contributed by atoms with Gasteiger partial charge in [0, 0.05) is 19.2 Å². The third kappa shape index (κ3) is 3.72. The van der Waals surface area contributed by atoms with Gasteiger partial charge >= 0.3 is 0 Å². The van der Waals surface area contributed by atoms with Gasteiger partial charge < -0.3 is 20.5 Å². The van der Waals surface area contributed by atoms with Gasteiger partial charge in [-0.25, -0.2) is 0 Å². The first-order valence-electron chi connectivity index (χ1n) is 5.80. The van der Waals surface area contributed by atoms with Crippen molar-refractivity contribution in [2.45, 2.75) is 13.0 Å². The highest BCUT2D eigenvalue weighted by Gasteiger charge is 2.15. The van der Waals surface area contributed by atoms with Gasteiger partial charge in [-0.3, -0.25) is 4.79 Å². The number of anilines is 1. The fourth-order valence-corrected chi connectivity index (χ4v) is 1.61. The average molecular weight is 252 g/mol. The smallest absolute Gasteiger partial charge is 0.179 e. The molecule has 0 saturated carbocycles. The Balaban J connectivity index is 2.68. The Labute approximate surface area is 107 Å². The third-order valence-corrected chi connectivity index (χ3v) is 2.66. The van der Waals surface area contributed by atoms with Crippen LogP contribution in [0.5, 0.6) is 5.75 Å². The molecule has 1 aromatic rings. The van der Waals surface area contributed by atoms with Crippen LogP contribution < -0.4 is 15.8 Å². The SMILES string of the molecule is COCCNC(C)C(=O)c1ccc(OC)c(N)c1. The van der Waals surface area contributed by atoms with Crippen LogP contribution in [-0.2, 0) is 4.74 Å². The Morgan fingerprint density at radius 1 is 1.44 bits per heavy atom. The molecule has 1 unspecified atom stereocenters. The Hall–Kier alpha value is -1.59. The van der Waals surface area contributed by atoms with Gasteiger partial charge in [0.15, 0.2) is 5.78 Å². The van der Waals surface area contributed by atoms with Crippen LogP contribution in [0.4, 0.5) is 5.69 Å². The molecule has 1 rings (SSSR count). The van der Waals surface area contributed by atoms with Crippen molar-refractivity contribution in [2.75, 3.05) is 33.1 Å². The van der Waals surface area contributed by atoms with Crippen molar-refractivity contribution in [3.63, 3.8) is 0 Å². The maximum Gasteiger partial charge on any atom is 0.179 e. The van der Waals surface area contributed by atoms with Gasteiger partial charge in [0.2, 0.25) is 0 Å². The molecule has 1 aromatic carbocycles. The summed E-state index contributed by atoms with van der Waals surface area (Å²) in [5.74, 6) is 0.576. The monoisotopic (exact) mass is 252 g/mol. The standard InChI is InChI=1S/C13H20N2O3/c1-9(15-6-7-17-2)13(16)10-4-5-12(18-3)11(14)8-10/h4-5,8-9,15H,6-7,14H2,1-3H3. The number of benzene rings is 1. The normalized spacial score (nSPS) is 12.2. The molecule has 0 radical (unpaired) electrons. The van der Waals surface area contributed by atoms with E-state index < -0.39 is 0 Å². The third-order valence-electron chi connectivity index (χ3n) is 2.66. The first-order valence-corrected chi connectivity index (χ1v) is 5.80. The topological polar surface area (TPSA) is 73.6 Å². The van der Waals surface area contributed by atoms with Gasteiger partial charge in [0.1, 0.15) is 5.75 Å². The summed E-state index contributed by atoms with van der Waals surface area (Å²) in [4.78, 5) is 12.1. The lowest BCUT2D eigenvalue weighted by Gasteiger charge is -2.13. The highest BCUT2D eigenvalue weighted by Crippen LogP contribution is 2.22. The molecule has 0 saturated heterocycles. The first kappa shape index (κ1) is 14.5. The van der Waals surface area contributed by atoms with Crippen molar-refractivity contribution in [1.29, 1.82) is 0 Å². The highest BCUT2D eigenvalue weighted by molar-refractivity contribution is 6.00. The number of nitrogens with one attached hydrogen (secondary N) is 1. The minimum Gasteiger partial charge on any atom is -0.495 e. The van der Waals surface area contributed by atoms with Gasteiger partial charge in [-0.1, -0.05) is 0 Å². The Morgan fingerprint density at radius 2 is 2.17 bits per heavy atom. The number of nitrogens with two attached hydrogens (primary N) is 1. The summed E-state index contributed by atoms with van der Waals surface area (Å²) < 4.78 is 9.97. The summed E-state index contributed by atoms with van der Waals surface area (Å²) in [5.41, 5.74) is 6.81. The molecule has 0 aliphatic rings. The van der Waals surface area contributed by atoms with Crippen molar-refractivity contribution in [1.82, 2.24) is 5.32 Å². The van der Waals surface area contributed by atoms with Crippen LogP contribution in [0.15, 0.2) is 18.2 Å². The largest absolute Gasteiger partial charge is 0.495 e. The van der Waals surface area contributed by atoms with Gasteiger partial charge in [-0.2, -0.15) is 0 Å². The molecule has 100 valence electrons. The van der Waals surface area contributed by atoms with E-state index in [0.717, 1.165) is 0 Å². The second kappa shape index (κ2) is 6.98. The number of ether oxygens (including phenoxy) is 2. The molecule has 0 aliphatic heterocycles. The van der Waals surface area contributed by atoms with Crippen LogP contribution in [0.1, 0.15) is 17.3 Å². The lowest BCUT2D eigenvalue weighted by Crippen LogP contribution is -2.36. The fourth-order valence-electron chi connectivity index (χ4n) is 1.61. The second-order valence-electron chi connectivity index (χ2n) is 3.99. The van der Waals surface area contributed by atoms with Crippen molar-refractivity contribution in [3.05, 3.63) is 23.8 Å². The molecule has 3 N–H and O–H groups in total. The molecular formula is C13H20N2O3. The second-order valence-corrected chi connectivity index (χ2v) is 3.99. The number of hydrogen-bond acceptors (Lipinski definition) is 5. The average Bonchev–Trinajstić information content (AvgIpc) is 2.38. The summed E-state index contributed by atoms with van der Waals surface area (Å²) in [6.45, 7) is 3.02. The van der Waals surface area contributed by atoms with Crippen molar-refractivity contribution < 1.29 is 14.3 Å². The quantitative estimate of drug-likeness (QED) is 0.431. The lowest BCUT2D eigenvalue weighted by molar-refractivity contribution is 0.0945. The van der Waals surface area contributed by atoms with Gasteiger partial charge in [-0.15, -0.1) is 0 Å². The molecule has 5 nitrogen and oxygen atoms in total. The molecule has 0 fully saturated rings. The van der Waals surface area contributed by atoms with Crippen LogP contribution in [0, 0.1) is 0 Å². The number of Topliss-reactive ketones (excluding diaryl/α,β-unsaturated/α-hetero) is 1. The maximum absolute atomic E-state index is 12.1.